The number of nitrogens with one attached hydrogen (secondary N) is 1. The first-order chi connectivity index (χ1) is 17.3. The lowest BCUT2D eigenvalue weighted by atomic mass is 9.98. The molecule has 2 amide bonds. The molecule has 2 heterocycles. The summed E-state index contributed by atoms with van der Waals surface area (Å²) in [4.78, 5) is 41.6. The van der Waals surface area contributed by atoms with Crippen molar-refractivity contribution in [3.63, 3.8) is 0 Å². The standard InChI is InChI=1S/C29H33N3O4/c1-20-7-9-22(10-8-20)16-30-28(34)25-18-31(17-23-5-4-6-24(15-23)36-3)19-26(27(25)33)29(35)32-13-11-21(2)12-14-32/h4-10,15,18-19,21H,11-14,16-17H2,1-3H3,(H,30,34). The molecule has 1 aromatic heterocycles. The zero-order valence-corrected chi connectivity index (χ0v) is 21.1. The van der Waals surface area contributed by atoms with Crippen molar-refractivity contribution in [2.75, 3.05) is 20.2 Å². The van der Waals surface area contributed by atoms with Crippen molar-refractivity contribution < 1.29 is 14.3 Å². The Morgan fingerprint density at radius 3 is 2.39 bits per heavy atom. The van der Waals surface area contributed by atoms with Gasteiger partial charge >= 0.3 is 0 Å². The molecule has 0 saturated carbocycles. The van der Waals surface area contributed by atoms with Crippen LogP contribution in [-0.2, 0) is 13.1 Å². The molecule has 36 heavy (non-hydrogen) atoms. The molecule has 7 nitrogen and oxygen atoms in total. The second kappa shape index (κ2) is 11.2. The van der Waals surface area contributed by atoms with E-state index in [0.29, 0.717) is 31.3 Å². The number of carbonyl (C=O) groups excluding carboxylic acids is 2. The van der Waals surface area contributed by atoms with Crippen molar-refractivity contribution in [2.45, 2.75) is 39.8 Å². The minimum absolute atomic E-state index is 0.0236. The van der Waals surface area contributed by atoms with Crippen LogP contribution in [0.25, 0.3) is 0 Å². The number of hydrogen-bond acceptors (Lipinski definition) is 4. The summed E-state index contributed by atoms with van der Waals surface area (Å²) in [6.45, 7) is 6.06. The minimum atomic E-state index is -0.540. The van der Waals surface area contributed by atoms with Gasteiger partial charge in [-0.05, 0) is 48.9 Å². The SMILES string of the molecule is COc1cccc(Cn2cc(C(=O)NCc3ccc(C)cc3)c(=O)c(C(=O)N3CCC(C)CC3)c2)c1. The van der Waals surface area contributed by atoms with Gasteiger partial charge < -0.3 is 19.5 Å². The number of carbonyl (C=O) groups is 2. The molecular formula is C29H33N3O4. The average molecular weight is 488 g/mol. The summed E-state index contributed by atoms with van der Waals surface area (Å²) in [6.07, 6.45) is 4.90. The Kier molecular flexibility index (Phi) is 7.88. The van der Waals surface area contributed by atoms with E-state index in [9.17, 15) is 14.4 Å². The minimum Gasteiger partial charge on any atom is -0.497 e. The number of pyridine rings is 1. The van der Waals surface area contributed by atoms with Gasteiger partial charge in [0, 0.05) is 38.6 Å². The Hall–Kier alpha value is -3.87. The number of likely N-dealkylation sites (tertiary alicyclic amines) is 1. The molecule has 0 aliphatic carbocycles. The smallest absolute Gasteiger partial charge is 0.259 e. The van der Waals surface area contributed by atoms with Crippen LogP contribution in [-0.4, -0.2) is 41.5 Å². The van der Waals surface area contributed by atoms with Crippen LogP contribution in [0, 0.1) is 12.8 Å². The van der Waals surface area contributed by atoms with Crippen LogP contribution in [0.15, 0.2) is 65.7 Å². The van der Waals surface area contributed by atoms with Crippen molar-refractivity contribution in [1.29, 1.82) is 0 Å². The molecule has 1 fully saturated rings. The second-order valence-electron chi connectivity index (χ2n) is 9.58. The van der Waals surface area contributed by atoms with Crippen LogP contribution in [0.1, 0.15) is 57.2 Å². The number of aromatic nitrogens is 1. The molecule has 7 heteroatoms. The Bertz CT molecular complexity index is 1290. The topological polar surface area (TPSA) is 80.6 Å². The quantitative estimate of drug-likeness (QED) is 0.546. The summed E-state index contributed by atoms with van der Waals surface area (Å²) in [6, 6.07) is 15.4. The summed E-state index contributed by atoms with van der Waals surface area (Å²) < 4.78 is 7.05. The number of amides is 2. The fourth-order valence-corrected chi connectivity index (χ4v) is 4.38. The van der Waals surface area contributed by atoms with Crippen molar-refractivity contribution in [3.8, 4) is 5.75 Å². The maximum absolute atomic E-state index is 13.4. The Morgan fingerprint density at radius 2 is 1.69 bits per heavy atom. The number of hydrogen-bond donors (Lipinski definition) is 1. The first-order valence-electron chi connectivity index (χ1n) is 12.3. The summed E-state index contributed by atoms with van der Waals surface area (Å²) in [5.74, 6) is 0.447. The number of nitrogens with zero attached hydrogens (tertiary/aromatic N) is 2. The highest BCUT2D eigenvalue weighted by Crippen LogP contribution is 2.18. The molecule has 188 valence electrons. The van der Waals surface area contributed by atoms with Crippen LogP contribution in [0.4, 0.5) is 0 Å². The van der Waals surface area contributed by atoms with Gasteiger partial charge in [-0.2, -0.15) is 0 Å². The first-order valence-corrected chi connectivity index (χ1v) is 12.3. The molecule has 2 aromatic carbocycles. The molecule has 1 N–H and O–H groups in total. The number of methoxy groups -OCH3 is 1. The van der Waals surface area contributed by atoms with Crippen molar-refractivity contribution in [3.05, 3.63) is 99.0 Å². The Labute approximate surface area is 211 Å². The Balaban J connectivity index is 1.65. The zero-order chi connectivity index (χ0) is 25.7. The van der Waals surface area contributed by atoms with E-state index in [-0.39, 0.29) is 23.6 Å². The third-order valence-corrected chi connectivity index (χ3v) is 6.70. The van der Waals surface area contributed by atoms with Crippen molar-refractivity contribution >= 4 is 11.8 Å². The van der Waals surface area contributed by atoms with E-state index >= 15 is 0 Å². The van der Waals surface area contributed by atoms with E-state index in [2.05, 4.69) is 12.2 Å². The number of benzene rings is 2. The molecule has 4 rings (SSSR count). The molecule has 0 spiro atoms. The normalized spacial score (nSPS) is 13.9. The van der Waals surface area contributed by atoms with E-state index < -0.39 is 11.3 Å². The molecular weight excluding hydrogens is 454 g/mol. The molecule has 1 aliphatic rings. The van der Waals surface area contributed by atoms with Crippen LogP contribution in [0.5, 0.6) is 5.75 Å². The summed E-state index contributed by atoms with van der Waals surface area (Å²) in [5, 5.41) is 2.84. The van der Waals surface area contributed by atoms with E-state index in [0.717, 1.165) is 29.5 Å². The summed E-state index contributed by atoms with van der Waals surface area (Å²) in [5.41, 5.74) is 2.43. The third-order valence-electron chi connectivity index (χ3n) is 6.70. The molecule has 0 unspecified atom stereocenters. The summed E-state index contributed by atoms with van der Waals surface area (Å²) >= 11 is 0. The zero-order valence-electron chi connectivity index (χ0n) is 21.1. The second-order valence-corrected chi connectivity index (χ2v) is 9.58. The number of rotatable bonds is 7. The van der Waals surface area contributed by atoms with Gasteiger partial charge in [-0.25, -0.2) is 0 Å². The highest BCUT2D eigenvalue weighted by Gasteiger charge is 2.26. The fraction of sp³-hybridized carbons (Fsp3) is 0.345. The van der Waals surface area contributed by atoms with Gasteiger partial charge in [-0.15, -0.1) is 0 Å². The maximum Gasteiger partial charge on any atom is 0.259 e. The van der Waals surface area contributed by atoms with Crippen LogP contribution in [0.3, 0.4) is 0 Å². The molecule has 0 bridgehead atoms. The first kappa shape index (κ1) is 25.2. The largest absolute Gasteiger partial charge is 0.497 e. The van der Waals surface area contributed by atoms with Gasteiger partial charge in [0.05, 0.1) is 7.11 Å². The number of piperidine rings is 1. The van der Waals surface area contributed by atoms with Crippen molar-refractivity contribution in [2.24, 2.45) is 5.92 Å². The summed E-state index contributed by atoms with van der Waals surface area (Å²) in [7, 11) is 1.60. The molecule has 0 atom stereocenters. The lowest BCUT2D eigenvalue weighted by molar-refractivity contribution is 0.0695. The van der Waals surface area contributed by atoms with E-state index in [1.807, 2.05) is 55.5 Å². The average Bonchev–Trinajstić information content (AvgIpc) is 2.89. The maximum atomic E-state index is 13.4. The third kappa shape index (κ3) is 6.03. The van der Waals surface area contributed by atoms with E-state index in [4.69, 9.17) is 4.74 Å². The van der Waals surface area contributed by atoms with Gasteiger partial charge in [-0.1, -0.05) is 48.9 Å². The molecule has 0 radical (unpaired) electrons. The molecule has 1 saturated heterocycles. The highest BCUT2D eigenvalue weighted by molar-refractivity contribution is 5.99. The lowest BCUT2D eigenvalue weighted by Gasteiger charge is -2.30. The number of aryl methyl sites for hydroxylation is 1. The van der Waals surface area contributed by atoms with Gasteiger partial charge in [0.1, 0.15) is 16.9 Å². The van der Waals surface area contributed by atoms with E-state index in [1.165, 1.54) is 6.20 Å². The Morgan fingerprint density at radius 1 is 1.00 bits per heavy atom. The fourth-order valence-electron chi connectivity index (χ4n) is 4.38. The predicted molar refractivity (Wildman–Crippen MR) is 139 cm³/mol. The molecule has 1 aliphatic heterocycles. The van der Waals surface area contributed by atoms with Gasteiger partial charge in [0.25, 0.3) is 11.8 Å². The van der Waals surface area contributed by atoms with Crippen LogP contribution >= 0.6 is 0 Å². The van der Waals surface area contributed by atoms with Crippen LogP contribution in [0.2, 0.25) is 0 Å². The lowest BCUT2D eigenvalue weighted by Crippen LogP contribution is -2.41. The van der Waals surface area contributed by atoms with Gasteiger partial charge in [0.2, 0.25) is 5.43 Å². The van der Waals surface area contributed by atoms with E-state index in [1.54, 1.807) is 22.8 Å². The van der Waals surface area contributed by atoms with Gasteiger partial charge in [-0.3, -0.25) is 14.4 Å². The van der Waals surface area contributed by atoms with Gasteiger partial charge in [0.15, 0.2) is 0 Å². The van der Waals surface area contributed by atoms with Crippen molar-refractivity contribution in [1.82, 2.24) is 14.8 Å². The predicted octanol–water partition coefficient (Wildman–Crippen LogP) is 4.02. The van der Waals surface area contributed by atoms with Crippen LogP contribution < -0.4 is 15.5 Å². The monoisotopic (exact) mass is 487 g/mol. The number of ether oxygens (including phenoxy) is 1. The molecule has 3 aromatic rings. The highest BCUT2D eigenvalue weighted by atomic mass is 16.5.